The van der Waals surface area contributed by atoms with Crippen molar-refractivity contribution in [1.82, 2.24) is 10.2 Å². The van der Waals surface area contributed by atoms with Gasteiger partial charge in [-0.3, -0.25) is 14.5 Å². The summed E-state index contributed by atoms with van der Waals surface area (Å²) < 4.78 is 0. The van der Waals surface area contributed by atoms with Crippen molar-refractivity contribution in [2.45, 2.75) is 33.4 Å². The van der Waals surface area contributed by atoms with Crippen LogP contribution >= 0.6 is 0 Å². The molecule has 2 aromatic rings. The van der Waals surface area contributed by atoms with Crippen molar-refractivity contribution in [2.75, 3.05) is 18.9 Å². The Bertz CT molecular complexity index is 759. The number of benzene rings is 2. The van der Waals surface area contributed by atoms with Gasteiger partial charge in [0, 0.05) is 12.2 Å². The fourth-order valence-electron chi connectivity index (χ4n) is 2.57. The van der Waals surface area contributed by atoms with E-state index in [1.807, 2.05) is 62.4 Å². The van der Waals surface area contributed by atoms with Crippen LogP contribution in [0.1, 0.15) is 23.6 Å². The number of rotatable bonds is 7. The summed E-state index contributed by atoms with van der Waals surface area (Å²) in [6, 6.07) is 15.2. The number of carbonyl (C=O) groups is 2. The summed E-state index contributed by atoms with van der Waals surface area (Å²) in [5.74, 6) is -0.236. The lowest BCUT2D eigenvalue weighted by Crippen LogP contribution is -2.45. The Morgan fingerprint density at radius 2 is 1.73 bits per heavy atom. The van der Waals surface area contributed by atoms with Gasteiger partial charge in [0.15, 0.2) is 0 Å². The predicted octanol–water partition coefficient (Wildman–Crippen LogP) is 2.88. The number of hydrogen-bond acceptors (Lipinski definition) is 3. The number of nitrogens with zero attached hydrogens (tertiary/aromatic N) is 1. The van der Waals surface area contributed by atoms with Gasteiger partial charge in [0.2, 0.25) is 11.8 Å². The minimum atomic E-state index is -0.400. The first-order chi connectivity index (χ1) is 12.4. The number of likely N-dealkylation sites (N-methyl/N-ethyl adjacent to an activating group) is 1. The number of hydrogen-bond donors (Lipinski definition) is 2. The molecule has 0 aliphatic carbocycles. The van der Waals surface area contributed by atoms with Crippen LogP contribution in [-0.2, 0) is 16.1 Å². The van der Waals surface area contributed by atoms with Gasteiger partial charge < -0.3 is 10.6 Å². The molecule has 138 valence electrons. The summed E-state index contributed by atoms with van der Waals surface area (Å²) in [4.78, 5) is 26.4. The number of anilines is 1. The molecule has 0 aliphatic heterocycles. The van der Waals surface area contributed by atoms with Gasteiger partial charge >= 0.3 is 0 Å². The third-order valence-corrected chi connectivity index (χ3v) is 4.62. The van der Waals surface area contributed by atoms with Gasteiger partial charge in [0.1, 0.15) is 0 Å². The average Bonchev–Trinajstić information content (AvgIpc) is 2.63. The van der Waals surface area contributed by atoms with E-state index in [9.17, 15) is 9.59 Å². The summed E-state index contributed by atoms with van der Waals surface area (Å²) in [7, 11) is 1.77. The molecule has 0 unspecified atom stereocenters. The molecule has 0 aliphatic rings. The summed E-state index contributed by atoms with van der Waals surface area (Å²) in [5, 5.41) is 5.83. The van der Waals surface area contributed by atoms with Crippen molar-refractivity contribution in [3.05, 3.63) is 65.2 Å². The first kappa shape index (κ1) is 19.7. The number of nitrogens with one attached hydrogen (secondary N) is 2. The van der Waals surface area contributed by atoms with Gasteiger partial charge in [-0.2, -0.15) is 0 Å². The van der Waals surface area contributed by atoms with Crippen LogP contribution in [0.4, 0.5) is 5.69 Å². The Balaban J connectivity index is 1.85. The summed E-state index contributed by atoms with van der Waals surface area (Å²) in [5.41, 5.74) is 4.04. The van der Waals surface area contributed by atoms with Crippen molar-refractivity contribution in [3.8, 4) is 0 Å². The zero-order valence-corrected chi connectivity index (χ0v) is 15.9. The lowest BCUT2D eigenvalue weighted by molar-refractivity contribution is -0.126. The molecule has 0 saturated heterocycles. The van der Waals surface area contributed by atoms with E-state index in [2.05, 4.69) is 10.6 Å². The molecule has 5 heteroatoms. The molecule has 2 amide bonds. The summed E-state index contributed by atoms with van der Waals surface area (Å²) >= 11 is 0. The number of amides is 2. The number of aryl methyl sites for hydroxylation is 1. The standard InChI is InChI=1S/C21H27N3O2/c1-15-9-8-12-19(16(15)2)23-20(25)14-24(4)17(3)21(26)22-13-18-10-6-5-7-11-18/h5-12,17H,13-14H2,1-4H3,(H,22,26)(H,23,25)/t17-/m0/s1. The van der Waals surface area contributed by atoms with Gasteiger partial charge in [-0.25, -0.2) is 0 Å². The van der Waals surface area contributed by atoms with E-state index >= 15 is 0 Å². The van der Waals surface area contributed by atoms with E-state index < -0.39 is 6.04 Å². The molecule has 0 aromatic heterocycles. The molecule has 2 aromatic carbocycles. The SMILES string of the molecule is Cc1cccc(NC(=O)CN(C)[C@@H](C)C(=O)NCc2ccccc2)c1C. The van der Waals surface area contributed by atoms with E-state index in [1.54, 1.807) is 18.9 Å². The van der Waals surface area contributed by atoms with E-state index in [0.717, 1.165) is 22.4 Å². The van der Waals surface area contributed by atoms with Gasteiger partial charge in [-0.15, -0.1) is 0 Å². The van der Waals surface area contributed by atoms with Crippen molar-refractivity contribution < 1.29 is 9.59 Å². The highest BCUT2D eigenvalue weighted by atomic mass is 16.2. The average molecular weight is 353 g/mol. The van der Waals surface area contributed by atoms with Crippen LogP contribution in [-0.4, -0.2) is 36.3 Å². The monoisotopic (exact) mass is 353 g/mol. The fourth-order valence-corrected chi connectivity index (χ4v) is 2.57. The van der Waals surface area contributed by atoms with Crippen molar-refractivity contribution in [3.63, 3.8) is 0 Å². The van der Waals surface area contributed by atoms with Crippen LogP contribution in [0.5, 0.6) is 0 Å². The molecular formula is C21H27N3O2. The molecule has 0 heterocycles. The van der Waals surface area contributed by atoms with Gasteiger partial charge in [-0.1, -0.05) is 42.5 Å². The van der Waals surface area contributed by atoms with Crippen LogP contribution in [0.25, 0.3) is 0 Å². The van der Waals surface area contributed by atoms with Crippen molar-refractivity contribution in [1.29, 1.82) is 0 Å². The van der Waals surface area contributed by atoms with Crippen LogP contribution in [0.15, 0.2) is 48.5 Å². The topological polar surface area (TPSA) is 61.4 Å². The Hall–Kier alpha value is -2.66. The molecule has 1 atom stereocenters. The molecular weight excluding hydrogens is 326 g/mol. The Kier molecular flexibility index (Phi) is 6.92. The van der Waals surface area contributed by atoms with Gasteiger partial charge in [0.25, 0.3) is 0 Å². The minimum absolute atomic E-state index is 0.101. The van der Waals surface area contributed by atoms with E-state index in [0.29, 0.717) is 6.54 Å². The van der Waals surface area contributed by atoms with Gasteiger partial charge in [-0.05, 0) is 50.6 Å². The van der Waals surface area contributed by atoms with E-state index in [1.165, 1.54) is 0 Å². The predicted molar refractivity (Wildman–Crippen MR) is 105 cm³/mol. The maximum absolute atomic E-state index is 12.3. The lowest BCUT2D eigenvalue weighted by atomic mass is 10.1. The highest BCUT2D eigenvalue weighted by molar-refractivity contribution is 5.93. The Morgan fingerprint density at radius 3 is 2.42 bits per heavy atom. The molecule has 0 bridgehead atoms. The van der Waals surface area contributed by atoms with E-state index in [4.69, 9.17) is 0 Å². The molecule has 5 nitrogen and oxygen atoms in total. The maximum Gasteiger partial charge on any atom is 0.238 e. The fraction of sp³-hybridized carbons (Fsp3) is 0.333. The lowest BCUT2D eigenvalue weighted by Gasteiger charge is -2.23. The normalized spacial score (nSPS) is 11.9. The van der Waals surface area contributed by atoms with E-state index in [-0.39, 0.29) is 18.4 Å². The quantitative estimate of drug-likeness (QED) is 0.805. The molecule has 0 saturated carbocycles. The maximum atomic E-state index is 12.3. The zero-order valence-electron chi connectivity index (χ0n) is 15.9. The zero-order chi connectivity index (χ0) is 19.1. The second-order valence-corrected chi connectivity index (χ2v) is 6.59. The largest absolute Gasteiger partial charge is 0.351 e. The second-order valence-electron chi connectivity index (χ2n) is 6.59. The molecule has 0 radical (unpaired) electrons. The third-order valence-electron chi connectivity index (χ3n) is 4.62. The molecule has 2 rings (SSSR count). The molecule has 0 spiro atoms. The van der Waals surface area contributed by atoms with Crippen molar-refractivity contribution >= 4 is 17.5 Å². The highest BCUT2D eigenvalue weighted by Gasteiger charge is 2.20. The minimum Gasteiger partial charge on any atom is -0.351 e. The number of carbonyl (C=O) groups excluding carboxylic acids is 2. The molecule has 2 N–H and O–H groups in total. The van der Waals surface area contributed by atoms with Crippen molar-refractivity contribution in [2.24, 2.45) is 0 Å². The summed E-state index contributed by atoms with van der Waals surface area (Å²) in [6.07, 6.45) is 0. The first-order valence-electron chi connectivity index (χ1n) is 8.76. The van der Waals surface area contributed by atoms with Crippen LogP contribution in [0, 0.1) is 13.8 Å². The first-order valence-corrected chi connectivity index (χ1v) is 8.76. The Morgan fingerprint density at radius 1 is 1.04 bits per heavy atom. The summed E-state index contributed by atoms with van der Waals surface area (Å²) in [6.45, 7) is 6.41. The Labute approximate surface area is 155 Å². The molecule has 0 fully saturated rings. The van der Waals surface area contributed by atoms with Crippen LogP contribution in [0.3, 0.4) is 0 Å². The highest BCUT2D eigenvalue weighted by Crippen LogP contribution is 2.17. The smallest absolute Gasteiger partial charge is 0.238 e. The van der Waals surface area contributed by atoms with Crippen LogP contribution in [0.2, 0.25) is 0 Å². The molecule has 26 heavy (non-hydrogen) atoms. The second kappa shape index (κ2) is 9.15. The third kappa shape index (κ3) is 5.43. The van der Waals surface area contributed by atoms with Gasteiger partial charge in [0.05, 0.1) is 12.6 Å². The van der Waals surface area contributed by atoms with Crippen LogP contribution < -0.4 is 10.6 Å².